The molecule has 1 saturated carbocycles. The first-order valence-electron chi connectivity index (χ1n) is 7.60. The molecule has 23 heavy (non-hydrogen) atoms. The number of aromatic carboxylic acids is 1. The third-order valence-electron chi connectivity index (χ3n) is 4.38. The number of amides is 1. The molecule has 2 aromatic rings. The number of hydrogen-bond acceptors (Lipinski definition) is 3. The quantitative estimate of drug-likeness (QED) is 0.889. The van der Waals surface area contributed by atoms with Crippen LogP contribution in [0.4, 0.5) is 0 Å². The van der Waals surface area contributed by atoms with Crippen LogP contribution in [0, 0.1) is 13.8 Å². The van der Waals surface area contributed by atoms with Crippen molar-refractivity contribution in [3.8, 4) is 0 Å². The molecule has 5 heteroatoms. The van der Waals surface area contributed by atoms with Gasteiger partial charge in [-0.3, -0.25) is 4.79 Å². The van der Waals surface area contributed by atoms with Gasteiger partial charge in [0.2, 0.25) is 5.91 Å². The average molecular weight is 313 g/mol. The summed E-state index contributed by atoms with van der Waals surface area (Å²) in [5.74, 6) is -0.258. The lowest BCUT2D eigenvalue weighted by molar-refractivity contribution is -0.123. The second kappa shape index (κ2) is 5.57. The summed E-state index contributed by atoms with van der Waals surface area (Å²) >= 11 is 0. The molecule has 0 aliphatic heterocycles. The van der Waals surface area contributed by atoms with E-state index in [-0.39, 0.29) is 18.0 Å². The predicted molar refractivity (Wildman–Crippen MR) is 84.3 cm³/mol. The van der Waals surface area contributed by atoms with E-state index in [1.54, 1.807) is 6.92 Å². The lowest BCUT2D eigenvalue weighted by Gasteiger charge is -2.15. The van der Waals surface area contributed by atoms with Crippen molar-refractivity contribution in [1.29, 1.82) is 0 Å². The van der Waals surface area contributed by atoms with Gasteiger partial charge >= 0.3 is 5.97 Å². The first-order chi connectivity index (χ1) is 10.9. The van der Waals surface area contributed by atoms with E-state index in [9.17, 15) is 9.59 Å². The summed E-state index contributed by atoms with van der Waals surface area (Å²) in [4.78, 5) is 23.6. The molecule has 1 heterocycles. The molecule has 0 radical (unpaired) electrons. The van der Waals surface area contributed by atoms with Crippen LogP contribution in [0.25, 0.3) is 0 Å². The van der Waals surface area contributed by atoms with Crippen molar-refractivity contribution in [1.82, 2.24) is 5.32 Å². The van der Waals surface area contributed by atoms with Crippen LogP contribution in [-0.2, 0) is 16.8 Å². The highest BCUT2D eigenvalue weighted by Crippen LogP contribution is 2.48. The number of rotatable bonds is 5. The Morgan fingerprint density at radius 2 is 2.00 bits per heavy atom. The van der Waals surface area contributed by atoms with Crippen LogP contribution in [-0.4, -0.2) is 17.0 Å². The minimum atomic E-state index is -1.03. The second-order valence-electron chi connectivity index (χ2n) is 6.12. The maximum Gasteiger partial charge on any atom is 0.339 e. The molecule has 1 aliphatic rings. The van der Waals surface area contributed by atoms with Crippen LogP contribution >= 0.6 is 0 Å². The van der Waals surface area contributed by atoms with Crippen molar-refractivity contribution in [3.05, 3.63) is 58.5 Å². The SMILES string of the molecule is Cc1cccc(C2(C(=O)NCc3cc(C(=O)O)c(C)o3)CC2)c1. The molecule has 0 atom stereocenters. The summed E-state index contributed by atoms with van der Waals surface area (Å²) in [6.45, 7) is 3.81. The van der Waals surface area contributed by atoms with E-state index in [1.165, 1.54) is 6.07 Å². The summed E-state index contributed by atoms with van der Waals surface area (Å²) in [6, 6.07) is 9.47. The van der Waals surface area contributed by atoms with Crippen molar-refractivity contribution < 1.29 is 19.1 Å². The molecule has 1 aliphatic carbocycles. The van der Waals surface area contributed by atoms with Crippen LogP contribution in [0.15, 0.2) is 34.7 Å². The lowest BCUT2D eigenvalue weighted by atomic mass is 9.93. The number of carboxylic acid groups (broad SMARTS) is 1. The van der Waals surface area contributed by atoms with Gasteiger partial charge in [-0.05, 0) is 38.3 Å². The zero-order valence-electron chi connectivity index (χ0n) is 13.2. The Balaban J connectivity index is 1.70. The van der Waals surface area contributed by atoms with Gasteiger partial charge in [-0.1, -0.05) is 29.8 Å². The Kier molecular flexibility index (Phi) is 3.72. The number of nitrogens with one attached hydrogen (secondary N) is 1. The summed E-state index contributed by atoms with van der Waals surface area (Å²) in [6.07, 6.45) is 1.67. The Labute approximate surface area is 134 Å². The molecule has 1 fully saturated rings. The molecule has 1 aromatic heterocycles. The van der Waals surface area contributed by atoms with Gasteiger partial charge in [-0.25, -0.2) is 4.79 Å². The molecule has 120 valence electrons. The molecule has 5 nitrogen and oxygen atoms in total. The number of aryl methyl sites for hydroxylation is 2. The van der Waals surface area contributed by atoms with Crippen molar-refractivity contribution in [2.45, 2.75) is 38.6 Å². The fourth-order valence-corrected chi connectivity index (χ4v) is 2.89. The van der Waals surface area contributed by atoms with Crippen molar-refractivity contribution in [2.75, 3.05) is 0 Å². The largest absolute Gasteiger partial charge is 0.478 e. The van der Waals surface area contributed by atoms with Gasteiger partial charge in [0, 0.05) is 0 Å². The molecule has 3 rings (SSSR count). The highest BCUT2D eigenvalue weighted by atomic mass is 16.4. The number of carboxylic acids is 1. The van der Waals surface area contributed by atoms with Crippen molar-refractivity contribution in [2.24, 2.45) is 0 Å². The van der Waals surface area contributed by atoms with Gasteiger partial charge in [0.1, 0.15) is 17.1 Å². The summed E-state index contributed by atoms with van der Waals surface area (Å²) in [7, 11) is 0. The molecule has 2 N–H and O–H groups in total. The molecule has 1 aromatic carbocycles. The molecular formula is C18H19NO4. The van der Waals surface area contributed by atoms with E-state index in [4.69, 9.17) is 9.52 Å². The summed E-state index contributed by atoms with van der Waals surface area (Å²) in [5, 5.41) is 11.9. The molecule has 1 amide bonds. The number of hydrogen-bond donors (Lipinski definition) is 2. The lowest BCUT2D eigenvalue weighted by Crippen LogP contribution is -2.34. The molecule has 0 bridgehead atoms. The van der Waals surface area contributed by atoms with Gasteiger partial charge in [0.25, 0.3) is 0 Å². The molecule has 0 saturated heterocycles. The van der Waals surface area contributed by atoms with Gasteiger partial charge in [-0.2, -0.15) is 0 Å². The van der Waals surface area contributed by atoms with Crippen LogP contribution in [0.5, 0.6) is 0 Å². The molecule has 0 spiro atoms. The second-order valence-corrected chi connectivity index (χ2v) is 6.12. The number of furan rings is 1. The Morgan fingerprint density at radius 1 is 1.26 bits per heavy atom. The maximum absolute atomic E-state index is 12.6. The van der Waals surface area contributed by atoms with E-state index in [0.717, 1.165) is 24.0 Å². The normalized spacial score (nSPS) is 15.2. The van der Waals surface area contributed by atoms with Crippen LogP contribution in [0.3, 0.4) is 0 Å². The number of carbonyl (C=O) groups excluding carboxylic acids is 1. The van der Waals surface area contributed by atoms with Gasteiger partial charge in [0.15, 0.2) is 0 Å². The van der Waals surface area contributed by atoms with E-state index in [2.05, 4.69) is 5.32 Å². The fourth-order valence-electron chi connectivity index (χ4n) is 2.89. The zero-order chi connectivity index (χ0) is 16.6. The maximum atomic E-state index is 12.6. The highest BCUT2D eigenvalue weighted by Gasteiger charge is 2.51. The van der Waals surface area contributed by atoms with Crippen molar-refractivity contribution in [3.63, 3.8) is 0 Å². The van der Waals surface area contributed by atoms with Crippen LogP contribution < -0.4 is 5.32 Å². The van der Waals surface area contributed by atoms with E-state index >= 15 is 0 Å². The average Bonchev–Trinajstić information content (AvgIpc) is 3.23. The molecule has 0 unspecified atom stereocenters. The predicted octanol–water partition coefficient (Wildman–Crippen LogP) is 2.94. The molecular weight excluding hydrogens is 294 g/mol. The zero-order valence-corrected chi connectivity index (χ0v) is 13.2. The van der Waals surface area contributed by atoms with E-state index in [0.29, 0.717) is 11.5 Å². The fraction of sp³-hybridized carbons (Fsp3) is 0.333. The monoisotopic (exact) mass is 313 g/mol. The van der Waals surface area contributed by atoms with Gasteiger partial charge in [0.05, 0.1) is 12.0 Å². The number of benzene rings is 1. The first kappa shape index (κ1) is 15.3. The van der Waals surface area contributed by atoms with Crippen molar-refractivity contribution >= 4 is 11.9 Å². The minimum Gasteiger partial charge on any atom is -0.478 e. The number of carbonyl (C=O) groups is 2. The summed E-state index contributed by atoms with van der Waals surface area (Å²) < 4.78 is 5.39. The topological polar surface area (TPSA) is 79.5 Å². The van der Waals surface area contributed by atoms with Gasteiger partial charge in [-0.15, -0.1) is 0 Å². The first-order valence-corrected chi connectivity index (χ1v) is 7.60. The standard InChI is InChI=1S/C18H19NO4/c1-11-4-3-5-13(8-11)18(6-7-18)17(22)19-10-14-9-15(16(20)21)12(2)23-14/h3-5,8-9H,6-7,10H2,1-2H3,(H,19,22)(H,20,21). The van der Waals surface area contributed by atoms with Crippen LogP contribution in [0.2, 0.25) is 0 Å². The Morgan fingerprint density at radius 3 is 2.57 bits per heavy atom. The third kappa shape index (κ3) is 2.86. The van der Waals surface area contributed by atoms with Crippen LogP contribution in [0.1, 0.15) is 45.8 Å². The summed E-state index contributed by atoms with van der Waals surface area (Å²) in [5.41, 5.74) is 1.86. The van der Waals surface area contributed by atoms with Gasteiger partial charge < -0.3 is 14.8 Å². The van der Waals surface area contributed by atoms with E-state index < -0.39 is 11.4 Å². The smallest absolute Gasteiger partial charge is 0.339 e. The highest BCUT2D eigenvalue weighted by molar-refractivity contribution is 5.91. The Bertz CT molecular complexity index is 771. The third-order valence-corrected chi connectivity index (χ3v) is 4.38. The minimum absolute atomic E-state index is 0.0333. The van der Waals surface area contributed by atoms with E-state index in [1.807, 2.05) is 31.2 Å². The Hall–Kier alpha value is -2.56.